The van der Waals surface area contributed by atoms with Gasteiger partial charge in [-0.3, -0.25) is 0 Å². The van der Waals surface area contributed by atoms with E-state index in [2.05, 4.69) is 6.92 Å². The van der Waals surface area contributed by atoms with Crippen molar-refractivity contribution in [2.24, 2.45) is 28.6 Å². The molecule has 0 aromatic carbocycles. The van der Waals surface area contributed by atoms with E-state index in [1.54, 1.807) is 13.0 Å². The minimum Gasteiger partial charge on any atom is -0.458 e. The van der Waals surface area contributed by atoms with Crippen LogP contribution >= 0.6 is 0 Å². The van der Waals surface area contributed by atoms with E-state index >= 15 is 0 Å². The van der Waals surface area contributed by atoms with Crippen molar-refractivity contribution in [1.29, 1.82) is 0 Å². The smallest absolute Gasteiger partial charge is 0.331 e. The Kier molecular flexibility index (Phi) is 8.72. The first-order chi connectivity index (χ1) is 22.2. The first-order valence-electron chi connectivity index (χ1n) is 17.3. The number of aliphatic hydroxyl groups is 6. The summed E-state index contributed by atoms with van der Waals surface area (Å²) in [6.45, 7) is 3.86. The first kappa shape index (κ1) is 34.0. The van der Waals surface area contributed by atoms with Gasteiger partial charge in [-0.05, 0) is 81.6 Å². The summed E-state index contributed by atoms with van der Waals surface area (Å²) in [7, 11) is 0. The maximum atomic E-state index is 13.1. The van der Waals surface area contributed by atoms with Gasteiger partial charge in [0.25, 0.3) is 0 Å². The summed E-state index contributed by atoms with van der Waals surface area (Å²) >= 11 is 0. The number of ether oxygens (including phenoxy) is 5. The highest BCUT2D eigenvalue weighted by atomic mass is 16.7. The Morgan fingerprint density at radius 2 is 1.70 bits per heavy atom. The zero-order valence-electron chi connectivity index (χ0n) is 27.1. The van der Waals surface area contributed by atoms with Crippen LogP contribution < -0.4 is 0 Å². The van der Waals surface area contributed by atoms with E-state index in [0.29, 0.717) is 44.9 Å². The minimum absolute atomic E-state index is 0.0370. The average Bonchev–Trinajstić information content (AvgIpc) is 3.57. The Morgan fingerprint density at radius 1 is 0.936 bits per heavy atom. The summed E-state index contributed by atoms with van der Waals surface area (Å²) < 4.78 is 28.7. The van der Waals surface area contributed by atoms with Crippen molar-refractivity contribution in [2.75, 3.05) is 13.2 Å². The summed E-state index contributed by atoms with van der Waals surface area (Å²) in [5, 5.41) is 65.7. The highest BCUT2D eigenvalue weighted by Crippen LogP contribution is 2.70. The van der Waals surface area contributed by atoms with E-state index in [1.165, 1.54) is 0 Å². The molecule has 0 bridgehead atoms. The number of aldehydes is 1. The number of carbonyl (C=O) groups excluding carboxylic acids is 2. The molecular weight excluding hydrogens is 616 g/mol. The lowest BCUT2D eigenvalue weighted by Gasteiger charge is -2.65. The molecule has 7 aliphatic rings. The van der Waals surface area contributed by atoms with Gasteiger partial charge in [0, 0.05) is 24.3 Å². The maximum absolute atomic E-state index is 13.1. The third-order valence-electron chi connectivity index (χ3n) is 13.6. The SMILES string of the molecule is C[C@H]1O[C@@H](O[C@H]2CC[C@]3(C=O)[C@H]4CC[C@]5(C)[C@H](C6=CC(=O)OC6)CC[C@]5(O)[C@@H]4CC[C@]3(O)C2)C[C@H](O)[C@@H]1O[C@@H]1OC[C@@H](O)[C@H](O)[C@H]1O. The van der Waals surface area contributed by atoms with Crippen LogP contribution in [0.25, 0.3) is 0 Å². The van der Waals surface area contributed by atoms with Crippen LogP contribution in [0, 0.1) is 28.6 Å². The fraction of sp³-hybridized carbons (Fsp3) is 0.882. The van der Waals surface area contributed by atoms with Crippen molar-refractivity contribution < 1.29 is 63.9 Å². The fourth-order valence-electron chi connectivity index (χ4n) is 11.0. The number of aliphatic hydroxyl groups excluding tert-OH is 4. The Balaban J connectivity index is 1.01. The van der Waals surface area contributed by atoms with E-state index < -0.39 is 77.3 Å². The normalized spacial score (nSPS) is 54.6. The van der Waals surface area contributed by atoms with Gasteiger partial charge in [-0.15, -0.1) is 0 Å². The molecule has 0 spiro atoms. The van der Waals surface area contributed by atoms with Gasteiger partial charge in [-0.2, -0.15) is 0 Å². The summed E-state index contributed by atoms with van der Waals surface area (Å²) in [4.78, 5) is 25.0. The molecule has 13 nitrogen and oxygen atoms in total. The molecule has 4 aliphatic carbocycles. The molecule has 6 fully saturated rings. The van der Waals surface area contributed by atoms with Crippen LogP contribution in [0.15, 0.2) is 11.6 Å². The van der Waals surface area contributed by atoms with E-state index in [4.69, 9.17) is 23.7 Å². The number of carbonyl (C=O) groups is 2. The van der Waals surface area contributed by atoms with Gasteiger partial charge in [-0.1, -0.05) is 6.92 Å². The molecule has 2 saturated heterocycles. The topological polar surface area (TPSA) is 202 Å². The van der Waals surface area contributed by atoms with E-state index in [-0.39, 0.29) is 49.8 Å². The van der Waals surface area contributed by atoms with Crippen LogP contribution in [0.1, 0.15) is 78.1 Å². The van der Waals surface area contributed by atoms with Gasteiger partial charge >= 0.3 is 5.97 Å². The Bertz CT molecular complexity index is 1250. The second-order valence-electron chi connectivity index (χ2n) is 15.7. The van der Waals surface area contributed by atoms with Gasteiger partial charge in [0.05, 0.1) is 41.5 Å². The molecule has 3 heterocycles. The monoisotopic (exact) mass is 666 g/mol. The molecule has 16 atom stereocenters. The zero-order valence-corrected chi connectivity index (χ0v) is 27.1. The Labute approximate surface area is 274 Å². The lowest BCUT2D eigenvalue weighted by atomic mass is 9.41. The summed E-state index contributed by atoms with van der Waals surface area (Å²) in [6, 6.07) is 0. The highest BCUT2D eigenvalue weighted by Gasteiger charge is 2.71. The molecule has 0 aromatic rings. The lowest BCUT2D eigenvalue weighted by molar-refractivity contribution is -0.331. The third kappa shape index (κ3) is 5.18. The summed E-state index contributed by atoms with van der Waals surface area (Å²) in [6.07, 6.45) is -1.89. The van der Waals surface area contributed by atoms with Crippen molar-refractivity contribution >= 4 is 12.3 Å². The number of cyclic esters (lactones) is 1. The highest BCUT2D eigenvalue weighted by molar-refractivity contribution is 5.85. The van der Waals surface area contributed by atoms with E-state index in [9.17, 15) is 40.2 Å². The van der Waals surface area contributed by atoms with E-state index in [1.807, 2.05) is 0 Å². The molecule has 0 unspecified atom stereocenters. The molecule has 4 saturated carbocycles. The maximum Gasteiger partial charge on any atom is 0.331 e. The summed E-state index contributed by atoms with van der Waals surface area (Å²) in [5.74, 6) is -0.635. The van der Waals surface area contributed by atoms with Gasteiger partial charge in [0.2, 0.25) is 0 Å². The third-order valence-corrected chi connectivity index (χ3v) is 13.6. The van der Waals surface area contributed by atoms with Crippen LogP contribution in [0.4, 0.5) is 0 Å². The van der Waals surface area contributed by atoms with Crippen molar-refractivity contribution in [3.8, 4) is 0 Å². The zero-order chi connectivity index (χ0) is 33.5. The fourth-order valence-corrected chi connectivity index (χ4v) is 11.0. The van der Waals surface area contributed by atoms with Gasteiger partial charge in [0.1, 0.15) is 37.3 Å². The van der Waals surface area contributed by atoms with Crippen LogP contribution in [-0.2, 0) is 33.3 Å². The molecule has 264 valence electrons. The van der Waals surface area contributed by atoms with Crippen molar-refractivity contribution in [3.63, 3.8) is 0 Å². The number of hydrogen-bond acceptors (Lipinski definition) is 13. The number of esters is 1. The molecule has 0 radical (unpaired) electrons. The van der Waals surface area contributed by atoms with Crippen molar-refractivity contribution in [2.45, 2.75) is 145 Å². The average molecular weight is 667 g/mol. The summed E-state index contributed by atoms with van der Waals surface area (Å²) in [5.41, 5.74) is -2.86. The predicted molar refractivity (Wildman–Crippen MR) is 160 cm³/mol. The second kappa shape index (κ2) is 12.1. The number of fused-ring (bicyclic) bond motifs is 5. The van der Waals surface area contributed by atoms with Gasteiger partial charge < -0.3 is 59.1 Å². The molecule has 0 aromatic heterocycles. The van der Waals surface area contributed by atoms with Crippen LogP contribution in [0.5, 0.6) is 0 Å². The largest absolute Gasteiger partial charge is 0.458 e. The lowest BCUT2D eigenvalue weighted by Crippen LogP contribution is -2.69. The first-order valence-corrected chi connectivity index (χ1v) is 17.3. The van der Waals surface area contributed by atoms with Crippen molar-refractivity contribution in [1.82, 2.24) is 0 Å². The van der Waals surface area contributed by atoms with Crippen molar-refractivity contribution in [3.05, 3.63) is 11.6 Å². The molecular formula is C34H50O13. The number of rotatable bonds is 6. The molecule has 6 N–H and O–H groups in total. The Morgan fingerprint density at radius 3 is 2.40 bits per heavy atom. The van der Waals surface area contributed by atoms with E-state index in [0.717, 1.165) is 18.3 Å². The van der Waals surface area contributed by atoms with Crippen LogP contribution in [-0.4, -0.2) is 123 Å². The second-order valence-corrected chi connectivity index (χ2v) is 15.7. The van der Waals surface area contributed by atoms with Gasteiger partial charge in [-0.25, -0.2) is 4.79 Å². The standard InChI is InChI=1S/C34H50O13/c1-17-29(47-30-28(40)27(39)24(37)15-44-30)23(36)12-26(45-17)46-19-3-8-32(16-35)21-4-7-31(2)20(18-11-25(38)43-14-18)6-10-34(31,42)22(21)5-9-33(32,41)13-19/h11,16-17,19-24,26-30,36-37,39-42H,3-10,12-15H2,1-2H3/t17-,19+,20+,21+,22-,23+,24-,26+,27+,28-,29-,30+,31-,32+,33+,34+/m1/s1. The quantitative estimate of drug-likeness (QED) is 0.128. The molecule has 3 aliphatic heterocycles. The molecule has 13 heteroatoms. The van der Waals surface area contributed by atoms with Crippen LogP contribution in [0.2, 0.25) is 0 Å². The van der Waals surface area contributed by atoms with Gasteiger partial charge in [0.15, 0.2) is 12.6 Å². The molecule has 7 rings (SSSR count). The minimum atomic E-state index is -1.50. The molecule has 0 amide bonds. The van der Waals surface area contributed by atoms with Crippen LogP contribution in [0.3, 0.4) is 0 Å². The Hall–Kier alpha value is -1.52. The number of hydrogen-bond donors (Lipinski definition) is 6. The molecule has 47 heavy (non-hydrogen) atoms. The predicted octanol–water partition coefficient (Wildman–Crippen LogP) is 0.243.